The van der Waals surface area contributed by atoms with E-state index in [4.69, 9.17) is 0 Å². The minimum atomic E-state index is -0.268. The summed E-state index contributed by atoms with van der Waals surface area (Å²) in [4.78, 5) is 36.1. The van der Waals surface area contributed by atoms with Crippen molar-refractivity contribution in [3.63, 3.8) is 0 Å². The van der Waals surface area contributed by atoms with Crippen LogP contribution in [0.5, 0.6) is 0 Å². The molecular formula is C23H23N3O3. The highest BCUT2D eigenvalue weighted by Crippen LogP contribution is 2.20. The van der Waals surface area contributed by atoms with Gasteiger partial charge in [-0.2, -0.15) is 0 Å². The number of hydrogen-bond donors (Lipinski definition) is 3. The van der Waals surface area contributed by atoms with Crippen LogP contribution in [0.15, 0.2) is 54.6 Å². The first kappa shape index (κ1) is 18.9. The van der Waals surface area contributed by atoms with Crippen molar-refractivity contribution in [2.24, 2.45) is 0 Å². The maximum atomic E-state index is 12.1. The monoisotopic (exact) mass is 389 g/mol. The van der Waals surface area contributed by atoms with E-state index >= 15 is 0 Å². The van der Waals surface area contributed by atoms with Gasteiger partial charge in [0.2, 0.25) is 5.91 Å². The fourth-order valence-corrected chi connectivity index (χ4v) is 2.80. The van der Waals surface area contributed by atoms with Gasteiger partial charge < -0.3 is 16.0 Å². The van der Waals surface area contributed by atoms with Crippen molar-refractivity contribution >= 4 is 29.5 Å². The van der Waals surface area contributed by atoms with Crippen LogP contribution in [0.1, 0.15) is 52.0 Å². The van der Waals surface area contributed by atoms with Crippen LogP contribution in [0.3, 0.4) is 0 Å². The van der Waals surface area contributed by atoms with E-state index in [1.165, 1.54) is 6.08 Å². The average Bonchev–Trinajstić information content (AvgIpc) is 3.64. The first-order valence-corrected chi connectivity index (χ1v) is 9.88. The smallest absolute Gasteiger partial charge is 0.251 e. The van der Waals surface area contributed by atoms with E-state index in [1.807, 2.05) is 0 Å². The molecule has 6 heteroatoms. The molecule has 0 bridgehead atoms. The van der Waals surface area contributed by atoms with Crippen LogP contribution in [0.25, 0.3) is 6.08 Å². The molecule has 4 rings (SSSR count). The molecule has 3 amide bonds. The molecule has 0 radical (unpaired) electrons. The molecular weight excluding hydrogens is 366 g/mol. The predicted octanol–water partition coefficient (Wildman–Crippen LogP) is 3.12. The van der Waals surface area contributed by atoms with E-state index in [1.54, 1.807) is 54.6 Å². The molecule has 2 aromatic carbocycles. The van der Waals surface area contributed by atoms with Crippen LogP contribution < -0.4 is 16.0 Å². The van der Waals surface area contributed by atoms with Crippen molar-refractivity contribution < 1.29 is 14.4 Å². The second-order valence-electron chi connectivity index (χ2n) is 7.52. The summed E-state index contributed by atoms with van der Waals surface area (Å²) in [6, 6.07) is 14.6. The van der Waals surface area contributed by atoms with Gasteiger partial charge in [-0.25, -0.2) is 0 Å². The number of hydrogen-bond acceptors (Lipinski definition) is 3. The molecule has 2 fully saturated rings. The summed E-state index contributed by atoms with van der Waals surface area (Å²) >= 11 is 0. The summed E-state index contributed by atoms with van der Waals surface area (Å²) in [5.74, 6) is -0.412. The first-order chi connectivity index (χ1) is 14.1. The van der Waals surface area contributed by atoms with E-state index in [2.05, 4.69) is 16.0 Å². The molecule has 3 N–H and O–H groups in total. The Bertz CT molecular complexity index is 940. The van der Waals surface area contributed by atoms with Gasteiger partial charge in [0.05, 0.1) is 0 Å². The SMILES string of the molecule is O=C(/C=C/c1ccc(C(=O)NC2CC2)cc1)Nc1ccc(C(=O)NC2CC2)cc1. The zero-order chi connectivity index (χ0) is 20.2. The summed E-state index contributed by atoms with van der Waals surface area (Å²) in [6.07, 6.45) is 7.32. The highest BCUT2D eigenvalue weighted by Gasteiger charge is 2.24. The minimum Gasteiger partial charge on any atom is -0.349 e. The third-order valence-corrected chi connectivity index (χ3v) is 4.84. The Morgan fingerprint density at radius 3 is 1.69 bits per heavy atom. The molecule has 0 atom stereocenters. The summed E-state index contributed by atoms with van der Waals surface area (Å²) in [5.41, 5.74) is 2.64. The number of rotatable bonds is 7. The molecule has 2 saturated carbocycles. The second-order valence-corrected chi connectivity index (χ2v) is 7.52. The van der Waals surface area contributed by atoms with Crippen molar-refractivity contribution in [3.05, 3.63) is 71.3 Å². The number of carbonyl (C=O) groups is 3. The molecule has 29 heavy (non-hydrogen) atoms. The maximum absolute atomic E-state index is 12.1. The predicted molar refractivity (Wildman–Crippen MR) is 112 cm³/mol. The Morgan fingerprint density at radius 1 is 0.724 bits per heavy atom. The maximum Gasteiger partial charge on any atom is 0.251 e. The van der Waals surface area contributed by atoms with Crippen molar-refractivity contribution in [1.29, 1.82) is 0 Å². The molecule has 0 unspecified atom stereocenters. The number of amides is 3. The zero-order valence-electron chi connectivity index (χ0n) is 16.0. The molecule has 0 heterocycles. The van der Waals surface area contributed by atoms with E-state index in [9.17, 15) is 14.4 Å². The van der Waals surface area contributed by atoms with Crippen LogP contribution in [0.2, 0.25) is 0 Å². The van der Waals surface area contributed by atoms with Crippen LogP contribution in [0, 0.1) is 0 Å². The molecule has 0 aliphatic heterocycles. The van der Waals surface area contributed by atoms with Crippen LogP contribution in [-0.2, 0) is 4.79 Å². The quantitative estimate of drug-likeness (QED) is 0.636. The standard InChI is InChI=1S/C23H23N3O3/c27-21(24-18-8-6-17(7-9-18)23(29)26-20-12-13-20)14-3-15-1-4-16(5-2-15)22(28)25-19-10-11-19/h1-9,14,19-20H,10-13H2,(H,24,27)(H,25,28)(H,26,29)/b14-3+. The lowest BCUT2D eigenvalue weighted by Crippen LogP contribution is -2.25. The van der Waals surface area contributed by atoms with E-state index in [0.717, 1.165) is 31.2 Å². The minimum absolute atomic E-state index is 0.0602. The molecule has 0 spiro atoms. The molecule has 2 aliphatic rings. The summed E-state index contributed by atoms with van der Waals surface area (Å²) in [6.45, 7) is 0. The number of carbonyl (C=O) groups excluding carboxylic acids is 3. The van der Waals surface area contributed by atoms with E-state index in [-0.39, 0.29) is 17.7 Å². The lowest BCUT2D eigenvalue weighted by Gasteiger charge is -2.06. The summed E-state index contributed by atoms with van der Waals surface area (Å²) in [7, 11) is 0. The van der Waals surface area contributed by atoms with E-state index in [0.29, 0.717) is 28.9 Å². The van der Waals surface area contributed by atoms with E-state index < -0.39 is 0 Å². The van der Waals surface area contributed by atoms with Crippen molar-refractivity contribution in [2.45, 2.75) is 37.8 Å². The van der Waals surface area contributed by atoms with Gasteiger partial charge in [0, 0.05) is 35.0 Å². The second kappa shape index (κ2) is 8.31. The van der Waals surface area contributed by atoms with Gasteiger partial charge in [0.25, 0.3) is 11.8 Å². The molecule has 2 aromatic rings. The highest BCUT2D eigenvalue weighted by atomic mass is 16.2. The van der Waals surface area contributed by atoms with Crippen molar-refractivity contribution in [3.8, 4) is 0 Å². The molecule has 6 nitrogen and oxygen atoms in total. The van der Waals surface area contributed by atoms with Gasteiger partial charge in [0.15, 0.2) is 0 Å². The first-order valence-electron chi connectivity index (χ1n) is 9.88. The fourth-order valence-electron chi connectivity index (χ4n) is 2.80. The normalized spacial score (nSPS) is 15.7. The lowest BCUT2D eigenvalue weighted by molar-refractivity contribution is -0.111. The number of benzene rings is 2. The van der Waals surface area contributed by atoms with Gasteiger partial charge in [0.1, 0.15) is 0 Å². The topological polar surface area (TPSA) is 87.3 Å². The Morgan fingerprint density at radius 2 is 1.21 bits per heavy atom. The molecule has 2 aliphatic carbocycles. The van der Waals surface area contributed by atoms with Gasteiger partial charge in [-0.3, -0.25) is 14.4 Å². The fraction of sp³-hybridized carbons (Fsp3) is 0.261. The van der Waals surface area contributed by atoms with Crippen LogP contribution >= 0.6 is 0 Å². The van der Waals surface area contributed by atoms with Gasteiger partial charge >= 0.3 is 0 Å². The molecule has 0 aromatic heterocycles. The van der Waals surface area contributed by atoms with Crippen molar-refractivity contribution in [1.82, 2.24) is 10.6 Å². The Balaban J connectivity index is 1.28. The largest absolute Gasteiger partial charge is 0.349 e. The third kappa shape index (κ3) is 5.54. The summed E-state index contributed by atoms with van der Waals surface area (Å²) < 4.78 is 0. The Kier molecular flexibility index (Phi) is 5.42. The number of nitrogens with one attached hydrogen (secondary N) is 3. The molecule has 148 valence electrons. The van der Waals surface area contributed by atoms with Gasteiger partial charge in [-0.05, 0) is 73.7 Å². The Labute approximate surface area is 169 Å². The van der Waals surface area contributed by atoms with Crippen molar-refractivity contribution in [2.75, 3.05) is 5.32 Å². The van der Waals surface area contributed by atoms with Crippen LogP contribution in [0.4, 0.5) is 5.69 Å². The zero-order valence-corrected chi connectivity index (χ0v) is 16.0. The highest BCUT2D eigenvalue weighted by molar-refractivity contribution is 6.02. The van der Waals surface area contributed by atoms with Crippen LogP contribution in [-0.4, -0.2) is 29.8 Å². The summed E-state index contributed by atoms with van der Waals surface area (Å²) in [5, 5.41) is 8.64. The van der Waals surface area contributed by atoms with Gasteiger partial charge in [-0.1, -0.05) is 12.1 Å². The average molecular weight is 389 g/mol. The lowest BCUT2D eigenvalue weighted by atomic mass is 10.1. The Hall–Kier alpha value is -3.41. The third-order valence-electron chi connectivity index (χ3n) is 4.84. The molecule has 0 saturated heterocycles. The van der Waals surface area contributed by atoms with Gasteiger partial charge in [-0.15, -0.1) is 0 Å². The number of anilines is 1.